The molecule has 0 aromatic heterocycles. The lowest BCUT2D eigenvalue weighted by atomic mass is 9.89. The van der Waals surface area contributed by atoms with Crippen molar-refractivity contribution < 1.29 is 14.3 Å². The van der Waals surface area contributed by atoms with Gasteiger partial charge in [0.15, 0.2) is 0 Å². The minimum absolute atomic E-state index is 0.0263. The van der Waals surface area contributed by atoms with Crippen LogP contribution in [0.1, 0.15) is 33.3 Å². The summed E-state index contributed by atoms with van der Waals surface area (Å²) in [6.07, 6.45) is 0. The number of hydrogen-bond donors (Lipinski definition) is 1. The number of ether oxygens (including phenoxy) is 1. The number of methoxy groups -OCH3 is 1. The molecule has 0 bridgehead atoms. The van der Waals surface area contributed by atoms with E-state index in [2.05, 4.69) is 5.32 Å². The monoisotopic (exact) mass is 368 g/mol. The molecule has 27 heavy (non-hydrogen) atoms. The Morgan fingerprint density at radius 2 is 1.74 bits per heavy atom. The van der Waals surface area contributed by atoms with Crippen LogP contribution in [0, 0.1) is 5.41 Å². The zero-order valence-corrected chi connectivity index (χ0v) is 16.7. The molecular weight excluding hydrogens is 340 g/mol. The number of nitrogens with one attached hydrogen (secondary N) is 1. The summed E-state index contributed by atoms with van der Waals surface area (Å²) in [5, 5.41) is 2.83. The summed E-state index contributed by atoms with van der Waals surface area (Å²) in [5.74, 6) is 0.0889. The third kappa shape index (κ3) is 5.09. The predicted octanol–water partition coefficient (Wildman–Crippen LogP) is 4.10. The first-order valence-electron chi connectivity index (χ1n) is 9.06. The molecular formula is C22H28N2O3. The van der Waals surface area contributed by atoms with Crippen LogP contribution in [0.3, 0.4) is 0 Å². The first kappa shape index (κ1) is 20.5. The molecule has 0 radical (unpaired) electrons. The highest BCUT2D eigenvalue weighted by atomic mass is 16.5. The van der Waals surface area contributed by atoms with Crippen molar-refractivity contribution in [3.05, 3.63) is 60.2 Å². The van der Waals surface area contributed by atoms with Gasteiger partial charge in [-0.05, 0) is 45.4 Å². The zero-order chi connectivity index (χ0) is 20.0. The molecule has 0 atom stereocenters. The fraction of sp³-hybridized carbons (Fsp3) is 0.364. The summed E-state index contributed by atoms with van der Waals surface area (Å²) in [4.78, 5) is 27.8. The predicted molar refractivity (Wildman–Crippen MR) is 108 cm³/mol. The van der Waals surface area contributed by atoms with Crippen molar-refractivity contribution in [3.8, 4) is 5.75 Å². The standard InChI is InChI=1S/C22H28N2O3/c1-16(2)24(15-17-10-7-6-8-11-17)21(26)22(3,4)20(25)23-18-12-9-13-19(14-18)27-5/h6-14,16H,15H2,1-5H3,(H,23,25). The van der Waals surface area contributed by atoms with E-state index in [0.717, 1.165) is 5.56 Å². The maximum Gasteiger partial charge on any atom is 0.239 e. The summed E-state index contributed by atoms with van der Waals surface area (Å²) >= 11 is 0. The summed E-state index contributed by atoms with van der Waals surface area (Å²) in [7, 11) is 1.57. The van der Waals surface area contributed by atoms with E-state index in [0.29, 0.717) is 18.0 Å². The number of benzene rings is 2. The van der Waals surface area contributed by atoms with Gasteiger partial charge < -0.3 is 15.0 Å². The van der Waals surface area contributed by atoms with Gasteiger partial charge in [0, 0.05) is 24.3 Å². The number of carbonyl (C=O) groups excluding carboxylic acids is 2. The van der Waals surface area contributed by atoms with Crippen LogP contribution in [0.2, 0.25) is 0 Å². The van der Waals surface area contributed by atoms with E-state index in [1.165, 1.54) is 0 Å². The van der Waals surface area contributed by atoms with Crippen molar-refractivity contribution >= 4 is 17.5 Å². The lowest BCUT2D eigenvalue weighted by molar-refractivity contribution is -0.148. The lowest BCUT2D eigenvalue weighted by Crippen LogP contribution is -2.49. The first-order chi connectivity index (χ1) is 12.8. The number of nitrogens with zero attached hydrogens (tertiary/aromatic N) is 1. The van der Waals surface area contributed by atoms with Crippen LogP contribution < -0.4 is 10.1 Å². The summed E-state index contributed by atoms with van der Waals surface area (Å²) in [6, 6.07) is 16.8. The molecule has 0 aliphatic carbocycles. The van der Waals surface area contributed by atoms with Crippen molar-refractivity contribution in [3.63, 3.8) is 0 Å². The molecule has 0 fully saturated rings. The van der Waals surface area contributed by atoms with Crippen molar-refractivity contribution in [2.24, 2.45) is 5.41 Å². The summed E-state index contributed by atoms with van der Waals surface area (Å²) in [5.41, 5.74) is 0.421. The van der Waals surface area contributed by atoms with Crippen molar-refractivity contribution in [1.29, 1.82) is 0 Å². The Balaban J connectivity index is 2.18. The highest BCUT2D eigenvalue weighted by molar-refractivity contribution is 6.09. The van der Waals surface area contributed by atoms with Crippen LogP contribution >= 0.6 is 0 Å². The van der Waals surface area contributed by atoms with Gasteiger partial charge in [-0.3, -0.25) is 9.59 Å². The van der Waals surface area contributed by atoms with E-state index in [4.69, 9.17) is 4.74 Å². The third-order valence-electron chi connectivity index (χ3n) is 4.51. The van der Waals surface area contributed by atoms with Gasteiger partial charge in [0.1, 0.15) is 11.2 Å². The Labute approximate surface area is 161 Å². The van der Waals surface area contributed by atoms with Gasteiger partial charge in [-0.25, -0.2) is 0 Å². The van der Waals surface area contributed by atoms with Gasteiger partial charge in [0.25, 0.3) is 0 Å². The van der Waals surface area contributed by atoms with E-state index in [1.807, 2.05) is 44.2 Å². The highest BCUT2D eigenvalue weighted by Crippen LogP contribution is 2.25. The molecule has 5 nitrogen and oxygen atoms in total. The largest absolute Gasteiger partial charge is 0.497 e. The van der Waals surface area contributed by atoms with E-state index < -0.39 is 5.41 Å². The minimum Gasteiger partial charge on any atom is -0.497 e. The lowest BCUT2D eigenvalue weighted by Gasteiger charge is -2.34. The Morgan fingerprint density at radius 1 is 1.07 bits per heavy atom. The maximum absolute atomic E-state index is 13.2. The molecule has 2 aromatic carbocycles. The van der Waals surface area contributed by atoms with Gasteiger partial charge in [-0.15, -0.1) is 0 Å². The fourth-order valence-electron chi connectivity index (χ4n) is 2.71. The molecule has 0 unspecified atom stereocenters. The highest BCUT2D eigenvalue weighted by Gasteiger charge is 2.40. The van der Waals surface area contributed by atoms with Gasteiger partial charge in [0.05, 0.1) is 7.11 Å². The second-order valence-electron chi connectivity index (χ2n) is 7.32. The normalized spacial score (nSPS) is 11.2. The molecule has 144 valence electrons. The van der Waals surface area contributed by atoms with E-state index in [9.17, 15) is 9.59 Å². The van der Waals surface area contributed by atoms with E-state index in [-0.39, 0.29) is 17.9 Å². The Bertz CT molecular complexity index is 785. The second-order valence-corrected chi connectivity index (χ2v) is 7.32. The van der Waals surface area contributed by atoms with Crippen LogP contribution in [-0.2, 0) is 16.1 Å². The van der Waals surface area contributed by atoms with Crippen LogP contribution in [-0.4, -0.2) is 29.9 Å². The number of amides is 2. The first-order valence-corrected chi connectivity index (χ1v) is 9.06. The van der Waals surface area contributed by atoms with E-state index >= 15 is 0 Å². The molecule has 0 aliphatic heterocycles. The summed E-state index contributed by atoms with van der Waals surface area (Å²) in [6.45, 7) is 7.69. The Morgan fingerprint density at radius 3 is 2.33 bits per heavy atom. The molecule has 0 heterocycles. The average Bonchev–Trinajstić information content (AvgIpc) is 2.66. The number of carbonyl (C=O) groups is 2. The number of rotatable bonds is 7. The van der Waals surface area contributed by atoms with Gasteiger partial charge in [-0.1, -0.05) is 36.4 Å². The Kier molecular flexibility index (Phi) is 6.61. The van der Waals surface area contributed by atoms with Gasteiger partial charge in [-0.2, -0.15) is 0 Å². The molecule has 0 spiro atoms. The third-order valence-corrected chi connectivity index (χ3v) is 4.51. The second kappa shape index (κ2) is 8.71. The van der Waals surface area contributed by atoms with Gasteiger partial charge in [0.2, 0.25) is 11.8 Å². The molecule has 5 heteroatoms. The van der Waals surface area contributed by atoms with Gasteiger partial charge >= 0.3 is 0 Å². The molecule has 2 rings (SSSR count). The fourth-order valence-corrected chi connectivity index (χ4v) is 2.71. The maximum atomic E-state index is 13.2. The molecule has 2 amide bonds. The Hall–Kier alpha value is -2.82. The van der Waals surface area contributed by atoms with Crippen molar-refractivity contribution in [2.75, 3.05) is 12.4 Å². The smallest absolute Gasteiger partial charge is 0.239 e. The van der Waals surface area contributed by atoms with Crippen LogP contribution in [0.4, 0.5) is 5.69 Å². The molecule has 1 N–H and O–H groups in total. The van der Waals surface area contributed by atoms with E-state index in [1.54, 1.807) is 50.1 Å². The minimum atomic E-state index is -1.21. The van der Waals surface area contributed by atoms with Crippen LogP contribution in [0.5, 0.6) is 5.75 Å². The average molecular weight is 368 g/mol. The van der Waals surface area contributed by atoms with Crippen molar-refractivity contribution in [2.45, 2.75) is 40.3 Å². The van der Waals surface area contributed by atoms with Crippen LogP contribution in [0.25, 0.3) is 0 Å². The molecule has 2 aromatic rings. The number of anilines is 1. The quantitative estimate of drug-likeness (QED) is 0.749. The molecule has 0 saturated heterocycles. The summed E-state index contributed by atoms with van der Waals surface area (Å²) < 4.78 is 5.18. The number of hydrogen-bond acceptors (Lipinski definition) is 3. The molecule has 0 aliphatic rings. The molecule has 0 saturated carbocycles. The topological polar surface area (TPSA) is 58.6 Å². The van der Waals surface area contributed by atoms with Crippen molar-refractivity contribution in [1.82, 2.24) is 4.90 Å². The zero-order valence-electron chi connectivity index (χ0n) is 16.7. The van der Waals surface area contributed by atoms with Crippen LogP contribution in [0.15, 0.2) is 54.6 Å². The SMILES string of the molecule is COc1cccc(NC(=O)C(C)(C)C(=O)N(Cc2ccccc2)C(C)C)c1.